The van der Waals surface area contributed by atoms with Crippen LogP contribution in [0.3, 0.4) is 0 Å². The molecular formula is C97H89Cl3F6N24O4S4. The molecule has 0 aliphatic carbocycles. The van der Waals surface area contributed by atoms with Gasteiger partial charge in [-0.05, 0) is 134 Å². The maximum atomic E-state index is 15.7. The fraction of sp³-hybridized carbons (Fsp3) is 0.175. The summed E-state index contributed by atoms with van der Waals surface area (Å²) in [4.78, 5) is 104. The molecule has 0 unspecified atom stereocenters. The van der Waals surface area contributed by atoms with E-state index in [0.717, 1.165) is 31.7 Å². The number of aromatic nitrogens is 12. The second-order valence-electron chi connectivity index (χ2n) is 34.6. The zero-order valence-electron chi connectivity index (χ0n) is 76.0. The number of amides is 8. The molecule has 28 nitrogen and oxygen atoms in total. The van der Waals surface area contributed by atoms with Crippen LogP contribution in [0.2, 0.25) is 15.1 Å². The number of nitrogens with one attached hydrogen (secondary N) is 8. The second kappa shape index (κ2) is 42.7. The van der Waals surface area contributed by atoms with Crippen LogP contribution in [0.15, 0.2) is 207 Å². The van der Waals surface area contributed by atoms with E-state index < -0.39 is 59.0 Å². The summed E-state index contributed by atoms with van der Waals surface area (Å²) in [7, 11) is 0. The third-order valence-corrected chi connectivity index (χ3v) is 26.5. The molecule has 8 amide bonds. The van der Waals surface area contributed by atoms with Crippen LogP contribution in [-0.2, 0) is 21.7 Å². The van der Waals surface area contributed by atoms with E-state index in [4.69, 9.17) is 77.7 Å². The third kappa shape index (κ3) is 25.3. The minimum absolute atomic E-state index is 0.000999. The van der Waals surface area contributed by atoms with Crippen molar-refractivity contribution in [3.05, 3.63) is 282 Å². The van der Waals surface area contributed by atoms with Gasteiger partial charge in [0.25, 0.3) is 0 Å². The number of hydrogen-bond donors (Lipinski definition) is 12. The van der Waals surface area contributed by atoms with Crippen LogP contribution in [0, 0.1) is 41.8 Å². The monoisotopic (exact) mass is 2000 g/mol. The Kier molecular flexibility index (Phi) is 31.2. The van der Waals surface area contributed by atoms with Gasteiger partial charge in [-0.1, -0.05) is 179 Å². The largest absolute Gasteiger partial charge is 0.368 e. The first-order valence-electron chi connectivity index (χ1n) is 41.9. The van der Waals surface area contributed by atoms with Gasteiger partial charge in [-0.2, -0.15) is 0 Å². The summed E-state index contributed by atoms with van der Waals surface area (Å²) >= 11 is 23.1. The Morgan fingerprint density at radius 1 is 0.304 bits per heavy atom. The van der Waals surface area contributed by atoms with Crippen molar-refractivity contribution in [2.45, 2.75) is 112 Å². The quantitative estimate of drug-likeness (QED) is 0.0400. The normalized spacial score (nSPS) is 11.3. The Balaban J connectivity index is 0.000000155. The summed E-state index contributed by atoms with van der Waals surface area (Å²) < 4.78 is 89.8. The predicted molar refractivity (Wildman–Crippen MR) is 543 cm³/mol. The molecule has 0 saturated carbocycles. The van der Waals surface area contributed by atoms with E-state index in [9.17, 15) is 28.0 Å². The zero-order valence-corrected chi connectivity index (χ0v) is 81.5. The summed E-state index contributed by atoms with van der Waals surface area (Å²) in [6.45, 7) is 26.2. The number of halogens is 9. The Bertz CT molecular complexity index is 7250. The SMILES string of the molecule is CC(C)(C)c1nc(-c2ccnc(N)n2)c(-c2cccc(NC(=O)Nc3ccc(Cl)c(Cl)c3)c2F)s1.CC(C)(C)c1nc(-c2ccnc(N)n2)c(-c2cccc(NC(=O)Nc3ccc(Cl)cc3F)c2F)s1.CC(C)(C)c1nc(-c2ccnc(N)n2)c(-c2cccc(NC(=O)Nc3ccc(F)cc3)c2F)s1.Cc1cccc(NC(=O)Nc2cccc(-c3sc(C(C)(C)C)nc3-c3ccnc(N)n3)c2F)c1. The molecule has 16 N–H and O–H groups in total. The van der Waals surface area contributed by atoms with Gasteiger partial charge in [-0.25, -0.2) is 105 Å². The van der Waals surface area contributed by atoms with Crippen LogP contribution in [-0.4, -0.2) is 83.9 Å². The highest BCUT2D eigenvalue weighted by Gasteiger charge is 2.33. The second-order valence-corrected chi connectivity index (χ2v) is 39.8. The number of benzene rings is 8. The van der Waals surface area contributed by atoms with Crippen LogP contribution in [0.5, 0.6) is 0 Å². The molecule has 41 heteroatoms. The van der Waals surface area contributed by atoms with Gasteiger partial charge in [-0.3, -0.25) is 0 Å². The fourth-order valence-corrected chi connectivity index (χ4v) is 17.8. The number of nitrogens with zero attached hydrogens (tertiary/aromatic N) is 12. The molecule has 0 aliphatic heterocycles. The topological polar surface area (TPSA) is 423 Å². The Hall–Kier alpha value is -14.7. The molecule has 708 valence electrons. The number of aryl methyl sites for hydroxylation is 1. The molecule has 16 rings (SSSR count). The van der Waals surface area contributed by atoms with E-state index >= 15 is 17.6 Å². The smallest absolute Gasteiger partial charge is 0.323 e. The molecule has 0 fully saturated rings. The van der Waals surface area contributed by atoms with Crippen LogP contribution in [0.25, 0.3) is 87.3 Å². The Labute approximate surface area is 819 Å². The van der Waals surface area contributed by atoms with Crippen molar-refractivity contribution in [3.8, 4) is 87.3 Å². The summed E-state index contributed by atoms with van der Waals surface area (Å²) in [6.07, 6.45) is 6.10. The highest BCUT2D eigenvalue weighted by atomic mass is 35.5. The van der Waals surface area contributed by atoms with E-state index in [0.29, 0.717) is 92.7 Å². The van der Waals surface area contributed by atoms with Crippen molar-refractivity contribution in [1.82, 2.24) is 59.8 Å². The van der Waals surface area contributed by atoms with Gasteiger partial charge in [-0.15, -0.1) is 45.3 Å². The van der Waals surface area contributed by atoms with Crippen LogP contribution >= 0.6 is 80.1 Å². The number of nitrogens with two attached hydrogens (primary N) is 4. The molecule has 0 atom stereocenters. The molecule has 0 aliphatic rings. The lowest BCUT2D eigenvalue weighted by atomic mass is 9.98. The van der Waals surface area contributed by atoms with Gasteiger partial charge in [0.15, 0.2) is 23.3 Å². The van der Waals surface area contributed by atoms with Crippen molar-refractivity contribution < 1.29 is 45.5 Å². The van der Waals surface area contributed by atoms with Crippen LogP contribution < -0.4 is 65.5 Å². The number of carbonyl (C=O) groups is 4. The van der Waals surface area contributed by atoms with Gasteiger partial charge in [0.1, 0.15) is 34.4 Å². The molecule has 0 bridgehead atoms. The number of anilines is 12. The van der Waals surface area contributed by atoms with E-state index in [1.165, 1.54) is 131 Å². The molecular weight excluding hydrogens is 1910 g/mol. The first-order chi connectivity index (χ1) is 65.3. The number of carbonyl (C=O) groups excluding carboxylic acids is 4. The van der Waals surface area contributed by atoms with E-state index in [1.807, 2.05) is 108 Å². The van der Waals surface area contributed by atoms with Crippen molar-refractivity contribution in [2.75, 3.05) is 65.5 Å². The number of rotatable bonds is 16. The highest BCUT2D eigenvalue weighted by molar-refractivity contribution is 7.17. The molecule has 16 aromatic rings. The average molecular weight is 2000 g/mol. The predicted octanol–water partition coefficient (Wildman–Crippen LogP) is 26.3. The third-order valence-electron chi connectivity index (χ3n) is 19.4. The molecule has 138 heavy (non-hydrogen) atoms. The maximum Gasteiger partial charge on any atom is 0.323 e. The summed E-state index contributed by atoms with van der Waals surface area (Å²) in [5.74, 6) is -3.25. The van der Waals surface area contributed by atoms with Gasteiger partial charge >= 0.3 is 24.1 Å². The summed E-state index contributed by atoms with van der Waals surface area (Å²) in [6, 6.07) is 44.0. The summed E-state index contributed by atoms with van der Waals surface area (Å²) in [5.41, 5.74) is 29.2. The minimum atomic E-state index is -0.814. The lowest BCUT2D eigenvalue weighted by molar-refractivity contribution is 0.261. The summed E-state index contributed by atoms with van der Waals surface area (Å²) in [5, 5.41) is 24.4. The molecule has 0 radical (unpaired) electrons. The molecule has 8 aromatic heterocycles. The Morgan fingerprint density at radius 3 is 0.891 bits per heavy atom. The van der Waals surface area contributed by atoms with Crippen LogP contribution in [0.1, 0.15) is 109 Å². The van der Waals surface area contributed by atoms with Crippen molar-refractivity contribution in [2.24, 2.45) is 0 Å². The average Bonchev–Trinajstić information content (AvgIpc) is 1.63. The van der Waals surface area contributed by atoms with Gasteiger partial charge < -0.3 is 65.5 Å². The van der Waals surface area contributed by atoms with Gasteiger partial charge in [0.2, 0.25) is 23.8 Å². The maximum absolute atomic E-state index is 15.7. The van der Waals surface area contributed by atoms with E-state index in [1.54, 1.807) is 97.2 Å². The number of urea groups is 4. The van der Waals surface area contributed by atoms with Crippen molar-refractivity contribution in [1.29, 1.82) is 0 Å². The first-order valence-corrected chi connectivity index (χ1v) is 46.3. The zero-order chi connectivity index (χ0) is 99.6. The number of nitrogen functional groups attached to an aromatic ring is 4. The lowest BCUT2D eigenvalue weighted by Gasteiger charge is -2.13. The van der Waals surface area contributed by atoms with E-state index in [-0.39, 0.29) is 101 Å². The van der Waals surface area contributed by atoms with Gasteiger partial charge in [0, 0.05) is 90.8 Å². The molecule has 8 heterocycles. The molecule has 0 saturated heterocycles. The minimum Gasteiger partial charge on any atom is -0.368 e. The van der Waals surface area contributed by atoms with E-state index in [2.05, 4.69) is 82.4 Å². The van der Waals surface area contributed by atoms with Crippen molar-refractivity contribution in [3.63, 3.8) is 0 Å². The van der Waals surface area contributed by atoms with Crippen LogP contribution in [0.4, 0.5) is 115 Å². The molecule has 8 aromatic carbocycles. The highest BCUT2D eigenvalue weighted by Crippen LogP contribution is 2.48. The fourth-order valence-electron chi connectivity index (χ4n) is 12.8. The number of hydrogen-bond acceptors (Lipinski definition) is 24. The first kappa shape index (κ1) is 101. The lowest BCUT2D eigenvalue weighted by Crippen LogP contribution is -2.20. The standard InChI is InChI=1S/C25H25FN6OS.C24H21Cl2FN6OS.C24H21ClF2N6OS.C24H22F2N6OS/c1-14-7-5-8-15(13-14)29-24(33)31-17-10-6-9-16(19(17)26)21-20(18-11-12-28-23(27)30-18)32-22(34-21)25(2,3)4;1-24(2,3)21-33-19(17-9-10-29-22(28)31-17)20(35-21)13-5-4-6-16(18(13)27)32-23(34)30-12-7-8-14(25)15(26)11-12;1-24(2,3)21-33-19(17-9-10-29-22(28)30-17)20(35-21)13-5-4-6-16(18(13)27)32-23(34)31-15-8-7-12(25)11-14(15)26;1-24(2,3)21-32-19(17-11-12-28-22(27)30-17)20(34-21)15-5-4-6-16(18(15)26)31-23(33)29-14-9-7-13(25)8-10-14/h5-13H,1-4H3,(H2,27,28,30)(H2,29,31,33);4-11H,1-3H3,(H2,28,29,31)(H2,30,32,34);4-11H,1-3H3,(H2,28,29,30)(H2,31,32,34);4-12H,1-3H3,(H2,27,28,30)(H2,29,31,33). The van der Waals surface area contributed by atoms with Crippen molar-refractivity contribution >= 4 is 174 Å². The van der Waals surface area contributed by atoms with Gasteiger partial charge in [0.05, 0.1) is 101 Å². The number of thiazole rings is 4. The molecule has 0 spiro atoms. The Morgan fingerprint density at radius 2 is 0.594 bits per heavy atom.